The Morgan fingerprint density at radius 1 is 1.19 bits per heavy atom. The molecule has 1 atom stereocenters. The van der Waals surface area contributed by atoms with Crippen LogP contribution in [0.15, 0.2) is 30.3 Å². The van der Waals surface area contributed by atoms with E-state index in [9.17, 15) is 0 Å². The molecule has 1 aromatic heterocycles. The van der Waals surface area contributed by atoms with E-state index in [0.717, 1.165) is 36.5 Å². The second-order valence-corrected chi connectivity index (χ2v) is 6.34. The summed E-state index contributed by atoms with van der Waals surface area (Å²) in [5.41, 5.74) is 2.22. The Bertz CT molecular complexity index is 658. The van der Waals surface area contributed by atoms with Gasteiger partial charge in [-0.2, -0.15) is 0 Å². The second kappa shape index (κ2) is 5.47. The smallest absolute Gasteiger partial charge is 0.133 e. The van der Waals surface area contributed by atoms with Crippen LogP contribution in [0.2, 0.25) is 0 Å². The van der Waals surface area contributed by atoms with Gasteiger partial charge in [0.2, 0.25) is 0 Å². The van der Waals surface area contributed by atoms with E-state index < -0.39 is 0 Å². The van der Waals surface area contributed by atoms with Crippen LogP contribution in [0.1, 0.15) is 18.4 Å². The lowest BCUT2D eigenvalue weighted by Crippen LogP contribution is -2.50. The maximum Gasteiger partial charge on any atom is 0.133 e. The van der Waals surface area contributed by atoms with Crippen molar-refractivity contribution in [2.45, 2.75) is 24.8 Å². The van der Waals surface area contributed by atoms with Crippen molar-refractivity contribution in [3.63, 3.8) is 0 Å². The lowest BCUT2D eigenvalue weighted by molar-refractivity contribution is 0.230. The predicted molar refractivity (Wildman–Crippen MR) is 88.1 cm³/mol. The van der Waals surface area contributed by atoms with Crippen LogP contribution in [0, 0.1) is 0 Å². The van der Waals surface area contributed by atoms with Gasteiger partial charge in [0.15, 0.2) is 0 Å². The van der Waals surface area contributed by atoms with Crippen molar-refractivity contribution >= 4 is 28.3 Å². The molecule has 1 unspecified atom stereocenters. The largest absolute Gasteiger partial charge is 0.353 e. The summed E-state index contributed by atoms with van der Waals surface area (Å²) in [6.45, 7) is 4.58. The summed E-state index contributed by atoms with van der Waals surface area (Å²) in [5, 5.41) is 1.18. The Balaban J connectivity index is 1.71. The number of pyridine rings is 1. The zero-order valence-electron chi connectivity index (χ0n) is 12.1. The van der Waals surface area contributed by atoms with E-state index in [1.54, 1.807) is 0 Å². The fourth-order valence-electron chi connectivity index (χ4n) is 3.71. The highest BCUT2D eigenvalue weighted by Gasteiger charge is 2.31. The van der Waals surface area contributed by atoms with Gasteiger partial charge in [0, 0.05) is 36.6 Å². The molecule has 0 bridgehead atoms. The van der Waals surface area contributed by atoms with Gasteiger partial charge in [-0.05, 0) is 31.5 Å². The van der Waals surface area contributed by atoms with Crippen LogP contribution >= 0.6 is 11.6 Å². The second-order valence-electron chi connectivity index (χ2n) is 6.08. The number of nitrogens with zero attached hydrogens (tertiary/aromatic N) is 3. The molecular weight excluding hydrogens is 282 g/mol. The molecule has 3 heterocycles. The summed E-state index contributed by atoms with van der Waals surface area (Å²) < 4.78 is 0. The van der Waals surface area contributed by atoms with E-state index >= 15 is 0 Å². The summed E-state index contributed by atoms with van der Waals surface area (Å²) in [7, 11) is 0. The Morgan fingerprint density at radius 2 is 2.10 bits per heavy atom. The molecule has 4 rings (SSSR count). The molecule has 21 heavy (non-hydrogen) atoms. The zero-order valence-corrected chi connectivity index (χ0v) is 12.9. The lowest BCUT2D eigenvalue weighted by atomic mass is 10.1. The van der Waals surface area contributed by atoms with Gasteiger partial charge in [-0.1, -0.05) is 18.2 Å². The predicted octanol–water partition coefficient (Wildman–Crippen LogP) is 3.26. The van der Waals surface area contributed by atoms with Crippen molar-refractivity contribution in [2.24, 2.45) is 0 Å². The van der Waals surface area contributed by atoms with Gasteiger partial charge >= 0.3 is 0 Å². The lowest BCUT2D eigenvalue weighted by Gasteiger charge is -2.38. The van der Waals surface area contributed by atoms with Gasteiger partial charge in [-0.15, -0.1) is 11.6 Å². The van der Waals surface area contributed by atoms with Gasteiger partial charge in [-0.25, -0.2) is 4.98 Å². The molecule has 0 N–H and O–H groups in total. The first-order valence-corrected chi connectivity index (χ1v) is 8.32. The highest BCUT2D eigenvalue weighted by atomic mass is 35.5. The van der Waals surface area contributed by atoms with Crippen molar-refractivity contribution in [2.75, 3.05) is 31.1 Å². The average Bonchev–Trinajstić information content (AvgIpc) is 3.01. The minimum absolute atomic E-state index is 0.526. The standard InChI is InChI=1S/C17H20ClN3/c18-11-14-10-13-4-1-2-6-16(13)19-17(14)21-9-8-20-7-3-5-15(20)12-21/h1-2,4,6,10,15H,3,5,7-9,11-12H2. The minimum atomic E-state index is 0.526. The highest BCUT2D eigenvalue weighted by molar-refractivity contribution is 6.17. The summed E-state index contributed by atoms with van der Waals surface area (Å²) in [6.07, 6.45) is 2.66. The first kappa shape index (κ1) is 13.4. The molecule has 2 aromatic rings. The van der Waals surface area contributed by atoms with E-state index in [0.29, 0.717) is 11.9 Å². The van der Waals surface area contributed by atoms with Crippen molar-refractivity contribution in [3.8, 4) is 0 Å². The number of anilines is 1. The van der Waals surface area contributed by atoms with Crippen LogP contribution in [0.3, 0.4) is 0 Å². The maximum atomic E-state index is 6.19. The molecule has 0 spiro atoms. The van der Waals surface area contributed by atoms with Crippen LogP contribution in [-0.4, -0.2) is 42.1 Å². The molecule has 0 amide bonds. The Hall–Kier alpha value is -1.32. The molecule has 110 valence electrons. The van der Waals surface area contributed by atoms with Crippen molar-refractivity contribution in [3.05, 3.63) is 35.9 Å². The Labute approximate surface area is 130 Å². The van der Waals surface area contributed by atoms with Gasteiger partial charge in [-0.3, -0.25) is 4.90 Å². The van der Waals surface area contributed by atoms with Gasteiger partial charge in [0.25, 0.3) is 0 Å². The van der Waals surface area contributed by atoms with Crippen LogP contribution in [0.4, 0.5) is 5.82 Å². The number of fused-ring (bicyclic) bond motifs is 2. The molecular formula is C17H20ClN3. The molecule has 3 nitrogen and oxygen atoms in total. The molecule has 1 aromatic carbocycles. The number of rotatable bonds is 2. The quantitative estimate of drug-likeness (QED) is 0.794. The Kier molecular flexibility index (Phi) is 3.48. The summed E-state index contributed by atoms with van der Waals surface area (Å²) in [6, 6.07) is 11.2. The van der Waals surface area contributed by atoms with E-state index in [1.165, 1.54) is 24.8 Å². The van der Waals surface area contributed by atoms with Crippen molar-refractivity contribution in [1.29, 1.82) is 0 Å². The topological polar surface area (TPSA) is 19.4 Å². The van der Waals surface area contributed by atoms with Crippen molar-refractivity contribution < 1.29 is 0 Å². The number of hydrogen-bond acceptors (Lipinski definition) is 3. The van der Waals surface area contributed by atoms with Crippen LogP contribution < -0.4 is 4.90 Å². The van der Waals surface area contributed by atoms with Crippen LogP contribution in [0.25, 0.3) is 10.9 Å². The highest BCUT2D eigenvalue weighted by Crippen LogP contribution is 2.29. The van der Waals surface area contributed by atoms with Gasteiger partial charge in [0.05, 0.1) is 11.4 Å². The fraction of sp³-hybridized carbons (Fsp3) is 0.471. The fourth-order valence-corrected chi connectivity index (χ4v) is 3.90. The number of halogens is 1. The average molecular weight is 302 g/mol. The third kappa shape index (κ3) is 2.39. The summed E-state index contributed by atoms with van der Waals surface area (Å²) in [5.74, 6) is 1.62. The van der Waals surface area contributed by atoms with E-state index in [2.05, 4.69) is 34.1 Å². The molecule has 4 heteroatoms. The number of piperazine rings is 1. The molecule has 2 fully saturated rings. The number of benzene rings is 1. The van der Waals surface area contributed by atoms with Gasteiger partial charge < -0.3 is 4.90 Å². The van der Waals surface area contributed by atoms with E-state index in [4.69, 9.17) is 16.6 Å². The molecule has 2 aliphatic heterocycles. The molecule has 0 aliphatic carbocycles. The van der Waals surface area contributed by atoms with E-state index in [1.807, 2.05) is 6.07 Å². The minimum Gasteiger partial charge on any atom is -0.353 e. The van der Waals surface area contributed by atoms with Gasteiger partial charge in [0.1, 0.15) is 5.82 Å². The van der Waals surface area contributed by atoms with Crippen molar-refractivity contribution in [1.82, 2.24) is 9.88 Å². The SMILES string of the molecule is ClCc1cc2ccccc2nc1N1CCN2CCCC2C1. The first-order valence-electron chi connectivity index (χ1n) is 7.79. The zero-order chi connectivity index (χ0) is 14.2. The third-order valence-electron chi connectivity index (χ3n) is 4.81. The Morgan fingerprint density at radius 3 is 3.00 bits per heavy atom. The third-order valence-corrected chi connectivity index (χ3v) is 5.10. The number of hydrogen-bond donors (Lipinski definition) is 0. The number of alkyl halides is 1. The van der Waals surface area contributed by atoms with Crippen LogP contribution in [-0.2, 0) is 5.88 Å². The summed E-state index contributed by atoms with van der Waals surface area (Å²) in [4.78, 5) is 9.97. The molecule has 0 radical (unpaired) electrons. The van der Waals surface area contributed by atoms with Crippen LogP contribution in [0.5, 0.6) is 0 Å². The molecule has 2 saturated heterocycles. The van der Waals surface area contributed by atoms with E-state index in [-0.39, 0.29) is 0 Å². The molecule has 2 aliphatic rings. The molecule has 0 saturated carbocycles. The first-order chi connectivity index (χ1) is 10.3. The monoisotopic (exact) mass is 301 g/mol. The maximum absolute atomic E-state index is 6.19. The summed E-state index contributed by atoms with van der Waals surface area (Å²) >= 11 is 6.19. The number of para-hydroxylation sites is 1. The number of aromatic nitrogens is 1. The normalized spacial score (nSPS) is 22.7.